The molecule has 0 aliphatic carbocycles. The summed E-state index contributed by atoms with van der Waals surface area (Å²) in [6.07, 6.45) is 8.31. The van der Waals surface area contributed by atoms with E-state index in [4.69, 9.17) is 9.47 Å². The molecule has 130 valence electrons. The van der Waals surface area contributed by atoms with Crippen molar-refractivity contribution >= 4 is 11.9 Å². The van der Waals surface area contributed by atoms with Crippen molar-refractivity contribution in [3.63, 3.8) is 0 Å². The van der Waals surface area contributed by atoms with Crippen LogP contribution in [0.4, 0.5) is 0 Å². The lowest BCUT2D eigenvalue weighted by atomic mass is 10.1. The fourth-order valence-corrected chi connectivity index (χ4v) is 2.11. The van der Waals surface area contributed by atoms with Crippen LogP contribution in [-0.2, 0) is 19.1 Å². The lowest BCUT2D eigenvalue weighted by Gasteiger charge is -2.07. The van der Waals surface area contributed by atoms with Gasteiger partial charge >= 0.3 is 11.9 Å². The van der Waals surface area contributed by atoms with E-state index in [0.29, 0.717) is 25.0 Å². The molecule has 0 atom stereocenters. The number of ether oxygens (including phenoxy) is 2. The molecular weight excluding hydrogens is 280 g/mol. The Morgan fingerprint density at radius 3 is 1.32 bits per heavy atom. The summed E-state index contributed by atoms with van der Waals surface area (Å²) in [7, 11) is 0. The number of hydrogen-bond donors (Lipinski definition) is 0. The van der Waals surface area contributed by atoms with Crippen LogP contribution in [0, 0.1) is 11.8 Å². The predicted octanol–water partition coefficient (Wildman–Crippen LogP) is 4.51. The fraction of sp³-hybridized carbons (Fsp3) is 0.889. The van der Waals surface area contributed by atoms with Crippen LogP contribution in [0.5, 0.6) is 0 Å². The third-order valence-electron chi connectivity index (χ3n) is 3.48. The number of carbonyl (C=O) groups is 2. The van der Waals surface area contributed by atoms with Crippen LogP contribution in [0.15, 0.2) is 0 Å². The molecule has 0 saturated heterocycles. The lowest BCUT2D eigenvalue weighted by Crippen LogP contribution is -2.21. The number of unbranched alkanes of at least 4 members (excludes halogenated alkanes) is 4. The van der Waals surface area contributed by atoms with Crippen molar-refractivity contribution in [2.75, 3.05) is 13.2 Å². The summed E-state index contributed by atoms with van der Waals surface area (Å²) in [5, 5.41) is 0. The van der Waals surface area contributed by atoms with Gasteiger partial charge in [-0.15, -0.1) is 0 Å². The molecule has 0 amide bonds. The van der Waals surface area contributed by atoms with Gasteiger partial charge in [-0.1, -0.05) is 66.2 Å². The first kappa shape index (κ1) is 20.9. The third-order valence-corrected chi connectivity index (χ3v) is 3.48. The van der Waals surface area contributed by atoms with E-state index < -0.39 is 11.9 Å². The second-order valence-electron chi connectivity index (χ2n) is 6.76. The summed E-state index contributed by atoms with van der Waals surface area (Å²) in [6.45, 7) is 9.39. The van der Waals surface area contributed by atoms with E-state index >= 15 is 0 Å². The zero-order valence-corrected chi connectivity index (χ0v) is 14.9. The molecule has 0 unspecified atom stereocenters. The van der Waals surface area contributed by atoms with Crippen molar-refractivity contribution in [2.45, 2.75) is 79.1 Å². The molecule has 0 aromatic rings. The number of hydrogen-bond acceptors (Lipinski definition) is 4. The van der Waals surface area contributed by atoms with Crippen LogP contribution < -0.4 is 0 Å². The van der Waals surface area contributed by atoms with E-state index in [1.807, 2.05) is 0 Å². The third kappa shape index (κ3) is 13.9. The van der Waals surface area contributed by atoms with Crippen LogP contribution in [0.3, 0.4) is 0 Å². The summed E-state index contributed by atoms with van der Waals surface area (Å²) < 4.78 is 9.81. The standard InChI is InChI=1S/C18H34O4/c1-15(2)11-7-5-9-13-21-17(19)18(20)22-14-10-6-8-12-16(3)4/h15-16H,5-14H2,1-4H3. The molecule has 0 bridgehead atoms. The highest BCUT2D eigenvalue weighted by Crippen LogP contribution is 2.09. The molecular formula is C18H34O4. The van der Waals surface area contributed by atoms with E-state index in [0.717, 1.165) is 38.5 Å². The predicted molar refractivity (Wildman–Crippen MR) is 88.5 cm³/mol. The molecule has 0 spiro atoms. The molecule has 0 radical (unpaired) electrons. The van der Waals surface area contributed by atoms with Gasteiger partial charge in [-0.3, -0.25) is 0 Å². The van der Waals surface area contributed by atoms with Gasteiger partial charge in [-0.25, -0.2) is 9.59 Å². The summed E-state index contributed by atoms with van der Waals surface area (Å²) in [6, 6.07) is 0. The van der Waals surface area contributed by atoms with Gasteiger partial charge in [0.1, 0.15) is 0 Å². The van der Waals surface area contributed by atoms with Crippen molar-refractivity contribution in [1.29, 1.82) is 0 Å². The Balaban J connectivity index is 3.45. The SMILES string of the molecule is CC(C)CCCCCOC(=O)C(=O)OCCCCCC(C)C. The lowest BCUT2D eigenvalue weighted by molar-refractivity contribution is -0.167. The van der Waals surface area contributed by atoms with E-state index in [1.54, 1.807) is 0 Å². The zero-order valence-electron chi connectivity index (χ0n) is 14.9. The molecule has 4 heteroatoms. The monoisotopic (exact) mass is 314 g/mol. The number of esters is 2. The van der Waals surface area contributed by atoms with Crippen LogP contribution >= 0.6 is 0 Å². The zero-order chi connectivity index (χ0) is 16.8. The van der Waals surface area contributed by atoms with Crippen molar-refractivity contribution in [3.8, 4) is 0 Å². The molecule has 0 aliphatic rings. The Morgan fingerprint density at radius 1 is 0.636 bits per heavy atom. The summed E-state index contributed by atoms with van der Waals surface area (Å²) in [4.78, 5) is 22.8. The Bertz CT molecular complexity index is 267. The Hall–Kier alpha value is -1.06. The van der Waals surface area contributed by atoms with Crippen LogP contribution in [0.2, 0.25) is 0 Å². The topological polar surface area (TPSA) is 52.6 Å². The van der Waals surface area contributed by atoms with Gasteiger partial charge in [-0.2, -0.15) is 0 Å². The molecule has 4 nitrogen and oxygen atoms in total. The van der Waals surface area contributed by atoms with Gasteiger partial charge in [0, 0.05) is 0 Å². The van der Waals surface area contributed by atoms with Crippen molar-refractivity contribution in [3.05, 3.63) is 0 Å². The quantitative estimate of drug-likeness (QED) is 0.302. The average Bonchev–Trinajstić information content (AvgIpc) is 2.45. The van der Waals surface area contributed by atoms with Crippen molar-refractivity contribution in [1.82, 2.24) is 0 Å². The van der Waals surface area contributed by atoms with E-state index in [9.17, 15) is 9.59 Å². The number of carbonyl (C=O) groups excluding carboxylic acids is 2. The fourth-order valence-electron chi connectivity index (χ4n) is 2.11. The van der Waals surface area contributed by atoms with Gasteiger partial charge in [0.15, 0.2) is 0 Å². The maximum atomic E-state index is 11.4. The minimum Gasteiger partial charge on any atom is -0.457 e. The van der Waals surface area contributed by atoms with E-state index in [2.05, 4.69) is 27.7 Å². The van der Waals surface area contributed by atoms with Gasteiger partial charge in [0.05, 0.1) is 13.2 Å². The number of rotatable bonds is 12. The Labute approximate surface area is 135 Å². The van der Waals surface area contributed by atoms with E-state index in [1.165, 1.54) is 12.8 Å². The molecule has 0 saturated carbocycles. The van der Waals surface area contributed by atoms with Crippen LogP contribution in [0.1, 0.15) is 79.1 Å². The Kier molecular flexibility index (Phi) is 12.9. The van der Waals surface area contributed by atoms with E-state index in [-0.39, 0.29) is 0 Å². The second-order valence-corrected chi connectivity index (χ2v) is 6.76. The largest absolute Gasteiger partial charge is 0.457 e. The van der Waals surface area contributed by atoms with Gasteiger partial charge in [-0.05, 0) is 24.7 Å². The molecule has 0 aromatic carbocycles. The highest BCUT2D eigenvalue weighted by Gasteiger charge is 2.16. The molecule has 0 heterocycles. The average molecular weight is 314 g/mol. The molecule has 22 heavy (non-hydrogen) atoms. The molecule has 0 N–H and O–H groups in total. The maximum Gasteiger partial charge on any atom is 0.417 e. The smallest absolute Gasteiger partial charge is 0.417 e. The summed E-state index contributed by atoms with van der Waals surface area (Å²) in [5.74, 6) is -0.298. The highest BCUT2D eigenvalue weighted by atomic mass is 16.6. The van der Waals surface area contributed by atoms with Crippen molar-refractivity contribution < 1.29 is 19.1 Å². The minimum atomic E-state index is -0.856. The molecule has 0 aliphatic heterocycles. The summed E-state index contributed by atoms with van der Waals surface area (Å²) >= 11 is 0. The Morgan fingerprint density at radius 2 is 1.00 bits per heavy atom. The molecule has 0 rings (SSSR count). The molecule has 0 aromatic heterocycles. The highest BCUT2D eigenvalue weighted by molar-refractivity contribution is 6.29. The van der Waals surface area contributed by atoms with Gasteiger partial charge in [0.2, 0.25) is 0 Å². The minimum absolute atomic E-state index is 0.306. The molecule has 0 fully saturated rings. The maximum absolute atomic E-state index is 11.4. The normalized spacial score (nSPS) is 11.0. The summed E-state index contributed by atoms with van der Waals surface area (Å²) in [5.41, 5.74) is 0. The second kappa shape index (κ2) is 13.6. The van der Waals surface area contributed by atoms with Gasteiger partial charge in [0.25, 0.3) is 0 Å². The first-order valence-electron chi connectivity index (χ1n) is 8.77. The van der Waals surface area contributed by atoms with Crippen LogP contribution in [0.25, 0.3) is 0 Å². The van der Waals surface area contributed by atoms with Crippen molar-refractivity contribution in [2.24, 2.45) is 11.8 Å². The first-order valence-corrected chi connectivity index (χ1v) is 8.77. The van der Waals surface area contributed by atoms with Crippen LogP contribution in [-0.4, -0.2) is 25.2 Å². The van der Waals surface area contributed by atoms with Gasteiger partial charge < -0.3 is 9.47 Å². The first-order chi connectivity index (χ1) is 10.4.